The molecule has 0 aromatic carbocycles. The highest BCUT2D eigenvalue weighted by molar-refractivity contribution is 5.16. The molecule has 21 heavy (non-hydrogen) atoms. The number of aryl methyl sites for hydroxylation is 3. The Labute approximate surface area is 127 Å². The van der Waals surface area contributed by atoms with Crippen LogP contribution in [0.3, 0.4) is 0 Å². The molecule has 0 amide bonds. The molecule has 2 aromatic heterocycles. The number of nitrogens with zero attached hydrogens (tertiary/aromatic N) is 2. The third-order valence-corrected chi connectivity index (χ3v) is 3.71. The van der Waals surface area contributed by atoms with E-state index in [1.165, 1.54) is 5.69 Å². The van der Waals surface area contributed by atoms with Gasteiger partial charge < -0.3 is 9.73 Å². The van der Waals surface area contributed by atoms with Gasteiger partial charge in [-0.05, 0) is 45.0 Å². The predicted molar refractivity (Wildman–Crippen MR) is 85.5 cm³/mol. The number of aromatic nitrogens is 2. The summed E-state index contributed by atoms with van der Waals surface area (Å²) < 4.78 is 8.04. The number of nitrogens with one attached hydrogen (secondary N) is 1. The van der Waals surface area contributed by atoms with Crippen molar-refractivity contribution in [3.8, 4) is 0 Å². The number of rotatable bonds is 8. The van der Waals surface area contributed by atoms with Crippen LogP contribution in [0.4, 0.5) is 0 Å². The second-order valence-electron chi connectivity index (χ2n) is 5.46. The normalized spacial score (nSPS) is 12.8. The lowest BCUT2D eigenvalue weighted by molar-refractivity contribution is 0.386. The van der Waals surface area contributed by atoms with Crippen molar-refractivity contribution in [1.29, 1.82) is 0 Å². The topological polar surface area (TPSA) is 43.0 Å². The smallest absolute Gasteiger partial charge is 0.121 e. The highest BCUT2D eigenvalue weighted by atomic mass is 16.3. The molecule has 2 aromatic rings. The monoisotopic (exact) mass is 289 g/mol. The summed E-state index contributed by atoms with van der Waals surface area (Å²) in [6, 6.07) is 6.57. The molecule has 0 bridgehead atoms. The maximum absolute atomic E-state index is 5.95. The highest BCUT2D eigenvalue weighted by Crippen LogP contribution is 2.22. The van der Waals surface area contributed by atoms with Gasteiger partial charge in [-0.25, -0.2) is 0 Å². The molecule has 0 fully saturated rings. The maximum Gasteiger partial charge on any atom is 0.121 e. The highest BCUT2D eigenvalue weighted by Gasteiger charge is 2.18. The van der Waals surface area contributed by atoms with Crippen LogP contribution in [-0.4, -0.2) is 16.3 Å². The van der Waals surface area contributed by atoms with Crippen LogP contribution in [0.15, 0.2) is 22.6 Å². The Bertz CT molecular complexity index is 556. The van der Waals surface area contributed by atoms with E-state index in [-0.39, 0.29) is 6.04 Å². The van der Waals surface area contributed by atoms with Crippen molar-refractivity contribution >= 4 is 0 Å². The number of hydrogen-bond acceptors (Lipinski definition) is 3. The molecule has 4 nitrogen and oxygen atoms in total. The van der Waals surface area contributed by atoms with Gasteiger partial charge in [0.2, 0.25) is 0 Å². The third-order valence-electron chi connectivity index (χ3n) is 3.71. The zero-order chi connectivity index (χ0) is 15.2. The van der Waals surface area contributed by atoms with Gasteiger partial charge in [0.1, 0.15) is 11.5 Å². The first-order valence-electron chi connectivity index (χ1n) is 8.03. The summed E-state index contributed by atoms with van der Waals surface area (Å²) in [6.07, 6.45) is 2.96. The van der Waals surface area contributed by atoms with E-state index in [1.807, 2.05) is 6.92 Å². The van der Waals surface area contributed by atoms with Crippen LogP contribution in [0.1, 0.15) is 56.1 Å². The molecular weight excluding hydrogens is 262 g/mol. The summed E-state index contributed by atoms with van der Waals surface area (Å²) in [4.78, 5) is 0. The second kappa shape index (κ2) is 7.46. The Hall–Kier alpha value is -1.55. The predicted octanol–water partition coefficient (Wildman–Crippen LogP) is 3.65. The summed E-state index contributed by atoms with van der Waals surface area (Å²) >= 11 is 0. The second-order valence-corrected chi connectivity index (χ2v) is 5.46. The molecule has 0 aliphatic heterocycles. The molecule has 0 spiro atoms. The van der Waals surface area contributed by atoms with Gasteiger partial charge >= 0.3 is 0 Å². The summed E-state index contributed by atoms with van der Waals surface area (Å²) in [5.41, 5.74) is 2.34. The summed E-state index contributed by atoms with van der Waals surface area (Å²) in [7, 11) is 0. The van der Waals surface area contributed by atoms with Crippen LogP contribution in [0.2, 0.25) is 0 Å². The van der Waals surface area contributed by atoms with Gasteiger partial charge in [0.25, 0.3) is 0 Å². The standard InChI is InChI=1S/C17H27N3O/c1-5-10-18-16(17-9-8-15(6-2)21-17)12-14-11-13(4)19-20(14)7-3/h8-9,11,16,18H,5-7,10,12H2,1-4H3. The van der Waals surface area contributed by atoms with Crippen LogP contribution in [0, 0.1) is 6.92 Å². The molecule has 2 heterocycles. The lowest BCUT2D eigenvalue weighted by Gasteiger charge is -2.17. The molecular formula is C17H27N3O. The van der Waals surface area contributed by atoms with Crippen LogP contribution in [0.5, 0.6) is 0 Å². The first-order chi connectivity index (χ1) is 10.2. The third kappa shape index (κ3) is 3.97. The fourth-order valence-electron chi connectivity index (χ4n) is 2.61. The zero-order valence-electron chi connectivity index (χ0n) is 13.6. The van der Waals surface area contributed by atoms with Crippen molar-refractivity contribution in [1.82, 2.24) is 15.1 Å². The van der Waals surface area contributed by atoms with Crippen molar-refractivity contribution in [3.05, 3.63) is 41.1 Å². The largest absolute Gasteiger partial charge is 0.464 e. The Morgan fingerprint density at radius 1 is 1.29 bits per heavy atom. The molecule has 2 rings (SSSR count). The molecule has 0 saturated carbocycles. The van der Waals surface area contributed by atoms with E-state index in [4.69, 9.17) is 4.42 Å². The molecule has 116 valence electrons. The Morgan fingerprint density at radius 2 is 2.10 bits per heavy atom. The van der Waals surface area contributed by atoms with E-state index in [2.05, 4.69) is 54.1 Å². The van der Waals surface area contributed by atoms with Gasteiger partial charge in [0.15, 0.2) is 0 Å². The molecule has 1 N–H and O–H groups in total. The van der Waals surface area contributed by atoms with E-state index in [0.29, 0.717) is 0 Å². The molecule has 0 radical (unpaired) electrons. The summed E-state index contributed by atoms with van der Waals surface area (Å²) in [5, 5.41) is 8.13. The Morgan fingerprint density at radius 3 is 2.71 bits per heavy atom. The van der Waals surface area contributed by atoms with Crippen molar-refractivity contribution < 1.29 is 4.42 Å². The average Bonchev–Trinajstić information content (AvgIpc) is 3.09. The van der Waals surface area contributed by atoms with E-state index in [1.54, 1.807) is 0 Å². The first-order valence-corrected chi connectivity index (χ1v) is 8.03. The first kappa shape index (κ1) is 15.8. The minimum Gasteiger partial charge on any atom is -0.464 e. The molecule has 4 heteroatoms. The van der Waals surface area contributed by atoms with Crippen molar-refractivity contribution in [2.45, 2.75) is 59.5 Å². The SMILES string of the molecule is CCCNC(Cc1cc(C)nn1CC)c1ccc(CC)o1. The van der Waals surface area contributed by atoms with Crippen LogP contribution < -0.4 is 5.32 Å². The van der Waals surface area contributed by atoms with Gasteiger partial charge in [-0.15, -0.1) is 0 Å². The fourth-order valence-corrected chi connectivity index (χ4v) is 2.61. The van der Waals surface area contributed by atoms with E-state index in [0.717, 1.165) is 49.6 Å². The lowest BCUT2D eigenvalue weighted by Crippen LogP contribution is -2.24. The fraction of sp³-hybridized carbons (Fsp3) is 0.588. The van der Waals surface area contributed by atoms with E-state index < -0.39 is 0 Å². The molecule has 0 aliphatic rings. The zero-order valence-corrected chi connectivity index (χ0v) is 13.6. The van der Waals surface area contributed by atoms with E-state index in [9.17, 15) is 0 Å². The Kier molecular flexibility index (Phi) is 5.62. The van der Waals surface area contributed by atoms with Crippen molar-refractivity contribution in [2.24, 2.45) is 0 Å². The van der Waals surface area contributed by atoms with Crippen LogP contribution in [0.25, 0.3) is 0 Å². The molecule has 1 unspecified atom stereocenters. The number of hydrogen-bond donors (Lipinski definition) is 1. The minimum absolute atomic E-state index is 0.214. The molecule has 0 saturated heterocycles. The summed E-state index contributed by atoms with van der Waals surface area (Å²) in [5.74, 6) is 2.08. The Balaban J connectivity index is 2.19. The van der Waals surface area contributed by atoms with Crippen molar-refractivity contribution in [3.63, 3.8) is 0 Å². The van der Waals surface area contributed by atoms with Crippen LogP contribution >= 0.6 is 0 Å². The number of furan rings is 1. The molecule has 0 aliphatic carbocycles. The van der Waals surface area contributed by atoms with Gasteiger partial charge in [0, 0.05) is 25.1 Å². The maximum atomic E-state index is 5.95. The minimum atomic E-state index is 0.214. The van der Waals surface area contributed by atoms with Crippen molar-refractivity contribution in [2.75, 3.05) is 6.54 Å². The van der Waals surface area contributed by atoms with Gasteiger partial charge in [-0.2, -0.15) is 5.10 Å². The summed E-state index contributed by atoms with van der Waals surface area (Å²) in [6.45, 7) is 10.4. The van der Waals surface area contributed by atoms with Gasteiger partial charge in [-0.3, -0.25) is 4.68 Å². The average molecular weight is 289 g/mol. The van der Waals surface area contributed by atoms with Gasteiger partial charge in [-0.1, -0.05) is 13.8 Å². The van der Waals surface area contributed by atoms with E-state index >= 15 is 0 Å². The lowest BCUT2D eigenvalue weighted by atomic mass is 10.1. The quantitative estimate of drug-likeness (QED) is 0.806. The van der Waals surface area contributed by atoms with Crippen LogP contribution in [-0.2, 0) is 19.4 Å². The molecule has 1 atom stereocenters. The van der Waals surface area contributed by atoms with Gasteiger partial charge in [0.05, 0.1) is 11.7 Å².